The Bertz CT molecular complexity index is 641. The van der Waals surface area contributed by atoms with E-state index >= 15 is 0 Å². The molecule has 0 unspecified atom stereocenters. The fourth-order valence-electron chi connectivity index (χ4n) is 1.37. The molecule has 2 aromatic heterocycles. The Morgan fingerprint density at radius 1 is 1.10 bits per heavy atom. The van der Waals surface area contributed by atoms with Crippen molar-refractivity contribution >= 4 is 11.9 Å². The van der Waals surface area contributed by atoms with Gasteiger partial charge in [-0.1, -0.05) is 20.8 Å². The highest BCUT2D eigenvalue weighted by molar-refractivity contribution is 6.00. The van der Waals surface area contributed by atoms with Crippen molar-refractivity contribution in [1.82, 2.24) is 30.4 Å². The van der Waals surface area contributed by atoms with E-state index in [0.717, 1.165) is 5.69 Å². The molecule has 0 aromatic carbocycles. The highest BCUT2D eigenvalue weighted by atomic mass is 16.2. The molecule has 2 aromatic rings. The molecule has 0 atom stereocenters. The van der Waals surface area contributed by atoms with Crippen LogP contribution in [0.1, 0.15) is 48.6 Å². The number of aromatic nitrogens is 6. The van der Waals surface area contributed by atoms with E-state index in [2.05, 4.69) is 35.7 Å². The van der Waals surface area contributed by atoms with Crippen LogP contribution in [-0.4, -0.2) is 36.3 Å². The minimum absolute atomic E-state index is 0.0525. The second kappa shape index (κ2) is 4.95. The first-order valence-corrected chi connectivity index (χ1v) is 6.19. The third-order valence-corrected chi connectivity index (χ3v) is 2.72. The number of carbonyl (C=O) groups excluding carboxylic acids is 1. The molecule has 0 spiro atoms. The van der Waals surface area contributed by atoms with Gasteiger partial charge in [-0.05, 0) is 13.8 Å². The molecule has 0 radical (unpaired) electrons. The lowest BCUT2D eigenvalue weighted by atomic mass is 9.96. The van der Waals surface area contributed by atoms with Gasteiger partial charge in [0, 0.05) is 5.41 Å². The van der Waals surface area contributed by atoms with E-state index in [1.54, 1.807) is 13.8 Å². The summed E-state index contributed by atoms with van der Waals surface area (Å²) in [6.45, 7) is 9.53. The number of rotatable bonds is 2. The minimum atomic E-state index is -0.471. The maximum Gasteiger partial charge on any atom is 0.297 e. The Kier molecular flexibility index (Phi) is 3.47. The molecule has 0 aliphatic heterocycles. The standard InChI is InChI=1S/C12H17N7O/c1-6-7(2)16-19-11(13-6)15-9(20)8-14-10(18-17-8)12(3,4)5/h1-5H3,(H,14,17,18)(H,13,15,19,20). The van der Waals surface area contributed by atoms with E-state index in [-0.39, 0.29) is 17.2 Å². The third kappa shape index (κ3) is 2.95. The van der Waals surface area contributed by atoms with Crippen LogP contribution in [0.3, 0.4) is 0 Å². The normalized spacial score (nSPS) is 11.4. The second-order valence-electron chi connectivity index (χ2n) is 5.52. The summed E-state index contributed by atoms with van der Waals surface area (Å²) in [5, 5.41) is 16.9. The summed E-state index contributed by atoms with van der Waals surface area (Å²) in [5.41, 5.74) is 1.22. The first-order chi connectivity index (χ1) is 9.27. The van der Waals surface area contributed by atoms with Gasteiger partial charge in [-0.2, -0.15) is 5.10 Å². The number of aryl methyl sites for hydroxylation is 2. The number of carbonyl (C=O) groups is 1. The maximum atomic E-state index is 12.0. The first-order valence-electron chi connectivity index (χ1n) is 6.19. The number of amides is 1. The number of aromatic amines is 1. The van der Waals surface area contributed by atoms with Crippen LogP contribution in [0.15, 0.2) is 0 Å². The van der Waals surface area contributed by atoms with Crippen molar-refractivity contribution in [3.63, 3.8) is 0 Å². The van der Waals surface area contributed by atoms with Crippen LogP contribution in [0.25, 0.3) is 0 Å². The summed E-state index contributed by atoms with van der Waals surface area (Å²) >= 11 is 0. The van der Waals surface area contributed by atoms with E-state index in [0.29, 0.717) is 11.5 Å². The Morgan fingerprint density at radius 3 is 2.35 bits per heavy atom. The lowest BCUT2D eigenvalue weighted by Gasteiger charge is -2.12. The Hall–Kier alpha value is -2.38. The lowest BCUT2D eigenvalue weighted by molar-refractivity contribution is 0.101. The van der Waals surface area contributed by atoms with Crippen LogP contribution < -0.4 is 5.32 Å². The highest BCUT2D eigenvalue weighted by Crippen LogP contribution is 2.17. The first kappa shape index (κ1) is 14.0. The van der Waals surface area contributed by atoms with E-state index in [1.165, 1.54) is 0 Å². The second-order valence-corrected chi connectivity index (χ2v) is 5.52. The summed E-state index contributed by atoms with van der Waals surface area (Å²) in [4.78, 5) is 20.3. The molecule has 0 saturated carbocycles. The molecular formula is C12H17N7O. The van der Waals surface area contributed by atoms with E-state index in [4.69, 9.17) is 0 Å². The summed E-state index contributed by atoms with van der Waals surface area (Å²) in [5.74, 6) is 0.362. The van der Waals surface area contributed by atoms with Crippen LogP contribution in [0.4, 0.5) is 5.95 Å². The third-order valence-electron chi connectivity index (χ3n) is 2.72. The number of nitrogens with zero attached hydrogens (tertiary/aromatic N) is 5. The Morgan fingerprint density at radius 2 is 1.80 bits per heavy atom. The van der Waals surface area contributed by atoms with E-state index < -0.39 is 5.91 Å². The molecule has 0 bridgehead atoms. The van der Waals surface area contributed by atoms with Gasteiger partial charge in [0.05, 0.1) is 11.4 Å². The van der Waals surface area contributed by atoms with Crippen molar-refractivity contribution < 1.29 is 4.79 Å². The minimum Gasteiger partial charge on any atom is -0.286 e. The maximum absolute atomic E-state index is 12.0. The van der Waals surface area contributed by atoms with Crippen molar-refractivity contribution in [1.29, 1.82) is 0 Å². The summed E-state index contributed by atoms with van der Waals surface area (Å²) < 4.78 is 0. The van der Waals surface area contributed by atoms with Gasteiger partial charge in [0.25, 0.3) is 5.91 Å². The predicted molar refractivity (Wildman–Crippen MR) is 72.3 cm³/mol. The smallest absolute Gasteiger partial charge is 0.286 e. The van der Waals surface area contributed by atoms with Crippen molar-refractivity contribution in [2.24, 2.45) is 0 Å². The molecule has 8 nitrogen and oxygen atoms in total. The topological polar surface area (TPSA) is 109 Å². The van der Waals surface area contributed by atoms with Gasteiger partial charge >= 0.3 is 0 Å². The highest BCUT2D eigenvalue weighted by Gasteiger charge is 2.21. The molecule has 0 saturated heterocycles. The molecule has 106 valence electrons. The van der Waals surface area contributed by atoms with E-state index in [9.17, 15) is 4.79 Å². The Labute approximate surface area is 116 Å². The van der Waals surface area contributed by atoms with Crippen molar-refractivity contribution in [2.75, 3.05) is 5.32 Å². The van der Waals surface area contributed by atoms with E-state index in [1.807, 2.05) is 20.8 Å². The quantitative estimate of drug-likeness (QED) is 0.851. The average Bonchev–Trinajstić information content (AvgIpc) is 2.83. The molecule has 0 aliphatic carbocycles. The number of hydrogen-bond acceptors (Lipinski definition) is 6. The van der Waals surface area contributed by atoms with Crippen LogP contribution >= 0.6 is 0 Å². The van der Waals surface area contributed by atoms with Crippen molar-refractivity contribution in [3.8, 4) is 0 Å². The van der Waals surface area contributed by atoms with Gasteiger partial charge in [-0.3, -0.25) is 15.2 Å². The Balaban J connectivity index is 2.16. The molecule has 2 rings (SSSR count). The number of hydrogen-bond donors (Lipinski definition) is 2. The molecule has 2 heterocycles. The SMILES string of the molecule is Cc1nnc(NC(=O)c2n[nH]c(C(C)(C)C)n2)nc1C. The molecule has 20 heavy (non-hydrogen) atoms. The average molecular weight is 275 g/mol. The number of anilines is 1. The van der Waals surface area contributed by atoms with Crippen molar-refractivity contribution in [2.45, 2.75) is 40.0 Å². The fraction of sp³-hybridized carbons (Fsp3) is 0.500. The summed E-state index contributed by atoms with van der Waals surface area (Å²) in [7, 11) is 0. The molecule has 0 fully saturated rings. The van der Waals surface area contributed by atoms with Gasteiger partial charge in [0.2, 0.25) is 11.8 Å². The van der Waals surface area contributed by atoms with Gasteiger partial charge < -0.3 is 0 Å². The lowest BCUT2D eigenvalue weighted by Crippen LogP contribution is -2.18. The molecule has 1 amide bonds. The van der Waals surface area contributed by atoms with Crippen LogP contribution in [0.5, 0.6) is 0 Å². The van der Waals surface area contributed by atoms with Crippen LogP contribution in [-0.2, 0) is 5.41 Å². The molecule has 8 heteroatoms. The largest absolute Gasteiger partial charge is 0.297 e. The van der Waals surface area contributed by atoms with Crippen molar-refractivity contribution in [3.05, 3.63) is 23.0 Å². The monoisotopic (exact) mass is 275 g/mol. The molecular weight excluding hydrogens is 258 g/mol. The van der Waals surface area contributed by atoms with Gasteiger partial charge in [0.1, 0.15) is 5.82 Å². The summed E-state index contributed by atoms with van der Waals surface area (Å²) in [6, 6.07) is 0. The van der Waals surface area contributed by atoms with Crippen LogP contribution in [0, 0.1) is 13.8 Å². The number of H-pyrrole nitrogens is 1. The van der Waals surface area contributed by atoms with Gasteiger partial charge in [-0.25, -0.2) is 9.97 Å². The zero-order chi connectivity index (χ0) is 14.9. The van der Waals surface area contributed by atoms with Gasteiger partial charge in [0.15, 0.2) is 0 Å². The molecule has 0 aliphatic rings. The zero-order valence-corrected chi connectivity index (χ0v) is 12.1. The van der Waals surface area contributed by atoms with Crippen LogP contribution in [0.2, 0.25) is 0 Å². The fourth-order valence-corrected chi connectivity index (χ4v) is 1.37. The summed E-state index contributed by atoms with van der Waals surface area (Å²) in [6.07, 6.45) is 0. The zero-order valence-electron chi connectivity index (χ0n) is 12.1. The molecule has 2 N–H and O–H groups in total. The predicted octanol–water partition coefficient (Wildman–Crippen LogP) is 1.16. The number of nitrogens with one attached hydrogen (secondary N) is 2. The van der Waals surface area contributed by atoms with Gasteiger partial charge in [-0.15, -0.1) is 10.2 Å².